The molecule has 57 heavy (non-hydrogen) atoms. The van der Waals surface area contributed by atoms with Crippen molar-refractivity contribution in [2.24, 2.45) is 11.7 Å². The molecule has 10 aromatic rings. The summed E-state index contributed by atoms with van der Waals surface area (Å²) < 4.78 is 8.27. The van der Waals surface area contributed by atoms with Crippen LogP contribution in [0.25, 0.3) is 34.7 Å². The van der Waals surface area contributed by atoms with E-state index in [4.69, 9.17) is 69.0 Å². The summed E-state index contributed by atoms with van der Waals surface area (Å²) in [7, 11) is 0. The molecule has 0 radical (unpaired) electrons. The molecule has 0 atom stereocenters. The first-order chi connectivity index (χ1) is 26.8. The zero-order valence-corrected chi connectivity index (χ0v) is 30.4. The Morgan fingerprint density at radius 3 is 0.842 bits per heavy atom. The Morgan fingerprint density at radius 2 is 0.561 bits per heavy atom. The van der Waals surface area contributed by atoms with Crippen LogP contribution in [0.3, 0.4) is 0 Å². The first-order valence-corrected chi connectivity index (χ1v) is 14.6. The molecule has 38 nitrogen and oxygen atoms in total. The van der Waals surface area contributed by atoms with Crippen molar-refractivity contribution in [2.45, 2.75) is 0 Å². The van der Waals surface area contributed by atoms with Crippen LogP contribution in [0.2, 0.25) is 0 Å². The third-order valence-electron chi connectivity index (χ3n) is 6.87. The van der Waals surface area contributed by atoms with Gasteiger partial charge in [-0.3, -0.25) is 10.9 Å². The molecular weight excluding hydrogens is 875 g/mol. The van der Waals surface area contributed by atoms with Crippen LogP contribution in [-0.2, 0) is 0 Å². The number of nitrogens with zero attached hydrogens (tertiary/aromatic N) is 24. The smallest absolute Gasteiger partial charge is 0.262 e. The first kappa shape index (κ1) is 37.9. The Balaban J connectivity index is 0.000000129. The minimum Gasteiger partial charge on any atom is -0.369 e. The summed E-state index contributed by atoms with van der Waals surface area (Å²) in [6.07, 6.45) is 0. The van der Waals surface area contributed by atoms with E-state index in [1.54, 1.807) is 0 Å². The molecule has 0 unspecified atom stereocenters. The van der Waals surface area contributed by atoms with Gasteiger partial charge in [-0.25, -0.2) is 38.1 Å². The number of hydrogen-bond acceptors (Lipinski definition) is 32. The lowest BCUT2D eigenvalue weighted by atomic mass is 10.8. The van der Waals surface area contributed by atoms with Crippen LogP contribution < -0.4 is 79.9 Å². The Bertz CT molecular complexity index is 2720. The van der Waals surface area contributed by atoms with Crippen LogP contribution in [0, 0.1) is 0 Å². The van der Waals surface area contributed by atoms with Crippen molar-refractivity contribution < 1.29 is 0 Å². The summed E-state index contributed by atoms with van der Waals surface area (Å²) in [6.45, 7) is 0. The van der Waals surface area contributed by atoms with Crippen LogP contribution in [0.15, 0.2) is 0 Å². The molecule has 0 aliphatic heterocycles. The molecule has 10 heterocycles. The SMILES string of the molecule is I.NNc1nc(N)nc(NN)n1.Nc1nnc2n1c(N)nc1nnc(N)n12.Nc1nnc2n1c(N)nc1nnc(N)n12.Nc1nnc2n1c(N)nc1nnc(N)n12. The molecule has 0 aromatic carbocycles. The Labute approximate surface area is 326 Å². The van der Waals surface area contributed by atoms with Gasteiger partial charge in [-0.1, -0.05) is 0 Å². The minimum absolute atomic E-state index is 0. The van der Waals surface area contributed by atoms with Crippen molar-refractivity contribution >= 4 is 130 Å². The minimum atomic E-state index is 0. The fourth-order valence-corrected chi connectivity index (χ4v) is 4.59. The van der Waals surface area contributed by atoms with Gasteiger partial charge in [-0.05, 0) is 0 Å². The third kappa shape index (κ3) is 6.54. The maximum atomic E-state index is 5.65. The van der Waals surface area contributed by atoms with Crippen LogP contribution >= 0.6 is 24.0 Å². The second kappa shape index (κ2) is 14.5. The third-order valence-corrected chi connectivity index (χ3v) is 6.87. The molecule has 0 bridgehead atoms. The van der Waals surface area contributed by atoms with Gasteiger partial charge in [0.1, 0.15) is 0 Å². The molecule has 296 valence electrons. The maximum absolute atomic E-state index is 5.65. The van der Waals surface area contributed by atoms with Crippen molar-refractivity contribution in [3.8, 4) is 0 Å². The molecule has 10 rings (SSSR count). The van der Waals surface area contributed by atoms with Gasteiger partial charge >= 0.3 is 0 Å². The molecule has 39 heteroatoms. The topological polar surface area (TPSA) is 595 Å². The first-order valence-electron chi connectivity index (χ1n) is 14.6. The fourth-order valence-electron chi connectivity index (χ4n) is 4.59. The largest absolute Gasteiger partial charge is 0.369 e. The number of halogens is 1. The highest BCUT2D eigenvalue weighted by Crippen LogP contribution is 2.16. The highest BCUT2D eigenvalue weighted by Gasteiger charge is 2.17. The van der Waals surface area contributed by atoms with Crippen molar-refractivity contribution in [3.05, 3.63) is 0 Å². The van der Waals surface area contributed by atoms with Crippen molar-refractivity contribution in [1.82, 2.24) is 117 Å². The van der Waals surface area contributed by atoms with Crippen LogP contribution in [-0.4, -0.2) is 117 Å². The van der Waals surface area contributed by atoms with Crippen LogP contribution in [0.5, 0.6) is 0 Å². The highest BCUT2D eigenvalue weighted by atomic mass is 127. The number of hydrogen-bond donors (Lipinski definition) is 14. The van der Waals surface area contributed by atoms with E-state index in [-0.39, 0.29) is 113 Å². The number of nitrogens with one attached hydrogen (secondary N) is 2. The molecular formula is C18H27IN38. The van der Waals surface area contributed by atoms with E-state index in [1.165, 1.54) is 26.4 Å². The summed E-state index contributed by atoms with van der Waals surface area (Å²) in [4.78, 5) is 22.8. The number of anilines is 12. The van der Waals surface area contributed by atoms with E-state index in [0.717, 1.165) is 0 Å². The van der Waals surface area contributed by atoms with E-state index >= 15 is 0 Å². The average molecular weight is 903 g/mol. The fraction of sp³-hybridized carbons (Fsp3) is 0. The van der Waals surface area contributed by atoms with Gasteiger partial charge in [0.25, 0.3) is 17.3 Å². The van der Waals surface area contributed by atoms with Gasteiger partial charge in [0.05, 0.1) is 0 Å². The van der Waals surface area contributed by atoms with E-state index in [1.807, 2.05) is 0 Å². The summed E-state index contributed by atoms with van der Waals surface area (Å²) in [5.74, 6) is 13.4. The van der Waals surface area contributed by atoms with Gasteiger partial charge in [0.2, 0.25) is 88.7 Å². The lowest BCUT2D eigenvalue weighted by Gasteiger charge is -2.01. The average Bonchev–Trinajstić information content (AvgIpc) is 4.03. The van der Waals surface area contributed by atoms with Crippen LogP contribution in [0.1, 0.15) is 0 Å². The van der Waals surface area contributed by atoms with E-state index in [2.05, 4.69) is 102 Å². The lowest BCUT2D eigenvalue weighted by Crippen LogP contribution is -2.17. The number of hydrazine groups is 2. The highest BCUT2D eigenvalue weighted by molar-refractivity contribution is 14.0. The van der Waals surface area contributed by atoms with E-state index < -0.39 is 0 Å². The van der Waals surface area contributed by atoms with Gasteiger partial charge in [-0.2, -0.15) is 29.9 Å². The normalized spacial score (nSPS) is 10.8. The molecule has 0 fully saturated rings. The van der Waals surface area contributed by atoms with Gasteiger partial charge in [-0.15, -0.1) is 85.2 Å². The second-order valence-corrected chi connectivity index (χ2v) is 10.2. The molecule has 0 aliphatic rings. The van der Waals surface area contributed by atoms with Gasteiger partial charge < -0.3 is 57.3 Å². The lowest BCUT2D eigenvalue weighted by molar-refractivity contribution is 1.01. The Hall–Kier alpha value is -8.89. The zero-order valence-electron chi connectivity index (χ0n) is 28.1. The molecule has 0 spiro atoms. The molecule has 0 saturated carbocycles. The standard InChI is InChI=1S/3C5H6N10.C3H8N8.HI/c3*6-1-9-4-12-10-3(8)15(4)5-13-11-2(7)14(1)5;4-1-7-2(10-5)9-3(8-1)11-6;/h3*(H2,7,11)(H2,8,10)(H2,6,9,12);5-6H2,(H4,4,7,8,9,10,11);1H. The second-order valence-electron chi connectivity index (χ2n) is 10.2. The molecule has 10 aromatic heterocycles. The predicted molar refractivity (Wildman–Crippen MR) is 207 cm³/mol. The Morgan fingerprint density at radius 1 is 0.298 bits per heavy atom. The number of nitrogen functional groups attached to an aromatic ring is 12. The zero-order chi connectivity index (χ0) is 40.0. The number of rotatable bonds is 2. The van der Waals surface area contributed by atoms with Crippen molar-refractivity contribution in [1.29, 1.82) is 0 Å². The predicted octanol–water partition coefficient (Wildman–Crippen LogP) is -7.62. The number of nitrogens with two attached hydrogens (primary N) is 12. The monoisotopic (exact) mass is 902 g/mol. The van der Waals surface area contributed by atoms with Crippen molar-refractivity contribution in [3.63, 3.8) is 0 Å². The molecule has 0 amide bonds. The quantitative estimate of drug-likeness (QED) is 0.0435. The van der Waals surface area contributed by atoms with Gasteiger partial charge in [0, 0.05) is 0 Å². The Kier molecular flexibility index (Phi) is 9.63. The van der Waals surface area contributed by atoms with Crippen LogP contribution in [0.4, 0.5) is 71.4 Å². The molecule has 0 aliphatic carbocycles. The molecule has 26 N–H and O–H groups in total. The van der Waals surface area contributed by atoms with Crippen molar-refractivity contribution in [2.75, 3.05) is 68.2 Å². The van der Waals surface area contributed by atoms with E-state index in [9.17, 15) is 0 Å². The summed E-state index contributed by atoms with van der Waals surface area (Å²) in [5, 5.41) is 44.5. The summed E-state index contributed by atoms with van der Waals surface area (Å²) in [5.41, 5.74) is 60.1. The summed E-state index contributed by atoms with van der Waals surface area (Å²) in [6, 6.07) is 0. The number of fused-ring (bicyclic) bond motifs is 9. The molecule has 0 saturated heterocycles. The maximum Gasteiger partial charge on any atom is 0.262 e. The van der Waals surface area contributed by atoms with E-state index in [0.29, 0.717) is 17.3 Å². The summed E-state index contributed by atoms with van der Waals surface area (Å²) >= 11 is 0. The van der Waals surface area contributed by atoms with Gasteiger partial charge in [0.15, 0.2) is 0 Å². The number of aromatic nitrogens is 24.